The molecule has 0 spiro atoms. The second-order valence-electron chi connectivity index (χ2n) is 4.26. The lowest BCUT2D eigenvalue weighted by atomic mass is 10.1. The van der Waals surface area contributed by atoms with E-state index in [0.717, 1.165) is 10.0 Å². The third kappa shape index (κ3) is 3.68. The number of carboxylic acid groups (broad SMARTS) is 1. The quantitative estimate of drug-likeness (QED) is 0.882. The van der Waals surface area contributed by atoms with Crippen molar-refractivity contribution < 1.29 is 14.3 Å². The van der Waals surface area contributed by atoms with Crippen LogP contribution in [0.4, 0.5) is 0 Å². The number of hydrogen-bond acceptors (Lipinski definition) is 3. The number of halogens is 1. The third-order valence-corrected chi connectivity index (χ3v) is 3.38. The average molecular weight is 324 g/mol. The average Bonchev–Trinajstić information content (AvgIpc) is 2.86. The lowest BCUT2D eigenvalue weighted by Gasteiger charge is -2.13. The van der Waals surface area contributed by atoms with Crippen LogP contribution in [0, 0.1) is 0 Å². The molecule has 0 fully saturated rings. The second kappa shape index (κ2) is 6.04. The minimum absolute atomic E-state index is 0.159. The molecule has 0 aliphatic rings. The number of nitrogens with one attached hydrogen (secondary N) is 1. The van der Waals surface area contributed by atoms with Gasteiger partial charge in [0.05, 0.1) is 12.1 Å². The van der Waals surface area contributed by atoms with E-state index in [4.69, 9.17) is 9.52 Å². The summed E-state index contributed by atoms with van der Waals surface area (Å²) in [6.07, 6.45) is 1.25. The minimum Gasteiger partial charge on any atom is -0.478 e. The number of aromatic carboxylic acids is 1. The van der Waals surface area contributed by atoms with E-state index < -0.39 is 5.97 Å². The van der Waals surface area contributed by atoms with Crippen LogP contribution < -0.4 is 5.32 Å². The van der Waals surface area contributed by atoms with Gasteiger partial charge in [0, 0.05) is 10.5 Å². The van der Waals surface area contributed by atoms with Gasteiger partial charge in [-0.05, 0) is 30.7 Å². The van der Waals surface area contributed by atoms with Crippen LogP contribution in [0.1, 0.15) is 34.6 Å². The summed E-state index contributed by atoms with van der Waals surface area (Å²) in [6.45, 7) is 2.54. The van der Waals surface area contributed by atoms with Crippen LogP contribution in [0.5, 0.6) is 0 Å². The SMILES string of the molecule is CC(NCc1cc(C(=O)O)co1)c1ccc(Br)cc1. The fraction of sp³-hybridized carbons (Fsp3) is 0.214. The van der Waals surface area contributed by atoms with Gasteiger partial charge in [-0.2, -0.15) is 0 Å². The van der Waals surface area contributed by atoms with Gasteiger partial charge in [0.2, 0.25) is 0 Å². The largest absolute Gasteiger partial charge is 0.478 e. The molecule has 0 saturated heterocycles. The molecule has 19 heavy (non-hydrogen) atoms. The third-order valence-electron chi connectivity index (χ3n) is 2.85. The smallest absolute Gasteiger partial charge is 0.338 e. The van der Waals surface area contributed by atoms with Crippen LogP contribution in [0.15, 0.2) is 45.5 Å². The molecule has 0 aliphatic carbocycles. The predicted molar refractivity (Wildman–Crippen MR) is 75.1 cm³/mol. The first kappa shape index (κ1) is 13.8. The molecule has 1 unspecified atom stereocenters. The van der Waals surface area contributed by atoms with Gasteiger partial charge in [-0.1, -0.05) is 28.1 Å². The van der Waals surface area contributed by atoms with E-state index in [2.05, 4.69) is 21.2 Å². The van der Waals surface area contributed by atoms with Crippen molar-refractivity contribution in [1.29, 1.82) is 0 Å². The van der Waals surface area contributed by atoms with Crippen LogP contribution >= 0.6 is 15.9 Å². The van der Waals surface area contributed by atoms with Crippen molar-refractivity contribution >= 4 is 21.9 Å². The molecule has 5 heteroatoms. The van der Waals surface area contributed by atoms with Crippen molar-refractivity contribution in [2.75, 3.05) is 0 Å². The fourth-order valence-corrected chi connectivity index (χ4v) is 1.97. The van der Waals surface area contributed by atoms with Crippen molar-refractivity contribution in [2.24, 2.45) is 0 Å². The van der Waals surface area contributed by atoms with E-state index in [9.17, 15) is 4.79 Å². The fourth-order valence-electron chi connectivity index (χ4n) is 1.71. The molecule has 0 bridgehead atoms. The predicted octanol–water partition coefficient (Wildman–Crippen LogP) is 3.59. The van der Waals surface area contributed by atoms with Gasteiger partial charge in [-0.15, -0.1) is 0 Å². The summed E-state index contributed by atoms with van der Waals surface area (Å²) in [5.41, 5.74) is 1.33. The molecule has 4 nitrogen and oxygen atoms in total. The summed E-state index contributed by atoms with van der Waals surface area (Å²) in [5.74, 6) is -0.364. The van der Waals surface area contributed by atoms with Crippen molar-refractivity contribution in [1.82, 2.24) is 5.32 Å². The van der Waals surface area contributed by atoms with Crippen LogP contribution in [0.3, 0.4) is 0 Å². The summed E-state index contributed by atoms with van der Waals surface area (Å²) in [7, 11) is 0. The molecule has 0 amide bonds. The zero-order chi connectivity index (χ0) is 13.8. The van der Waals surface area contributed by atoms with Gasteiger partial charge in [0.15, 0.2) is 0 Å². The lowest BCUT2D eigenvalue weighted by Crippen LogP contribution is -2.17. The summed E-state index contributed by atoms with van der Waals surface area (Å²) in [6, 6.07) is 9.74. The Bertz CT molecular complexity index is 562. The lowest BCUT2D eigenvalue weighted by molar-refractivity contribution is 0.0696. The van der Waals surface area contributed by atoms with Gasteiger partial charge >= 0.3 is 5.97 Å². The van der Waals surface area contributed by atoms with Crippen LogP contribution in [-0.2, 0) is 6.54 Å². The number of furan rings is 1. The Kier molecular flexibility index (Phi) is 4.39. The Morgan fingerprint density at radius 1 is 1.42 bits per heavy atom. The monoisotopic (exact) mass is 323 g/mol. The number of hydrogen-bond donors (Lipinski definition) is 2. The number of carbonyl (C=O) groups is 1. The minimum atomic E-state index is -0.976. The normalized spacial score (nSPS) is 12.3. The van der Waals surface area contributed by atoms with Crippen molar-refractivity contribution in [2.45, 2.75) is 19.5 Å². The molecule has 2 rings (SSSR count). The van der Waals surface area contributed by atoms with Crippen LogP contribution in [0.25, 0.3) is 0 Å². The van der Waals surface area contributed by atoms with Crippen molar-refractivity contribution in [3.05, 3.63) is 58.0 Å². The van der Waals surface area contributed by atoms with E-state index >= 15 is 0 Å². The number of rotatable bonds is 5. The van der Waals surface area contributed by atoms with Crippen molar-refractivity contribution in [3.63, 3.8) is 0 Å². The molecule has 1 aromatic heterocycles. The molecule has 1 heterocycles. The molecule has 0 radical (unpaired) electrons. The Balaban J connectivity index is 1.94. The highest BCUT2D eigenvalue weighted by atomic mass is 79.9. The van der Waals surface area contributed by atoms with Crippen LogP contribution in [-0.4, -0.2) is 11.1 Å². The number of benzene rings is 1. The van der Waals surface area contributed by atoms with E-state index in [1.165, 1.54) is 12.3 Å². The maximum atomic E-state index is 10.7. The maximum absolute atomic E-state index is 10.7. The number of carboxylic acids is 1. The highest BCUT2D eigenvalue weighted by Crippen LogP contribution is 2.17. The molecule has 0 saturated carbocycles. The topological polar surface area (TPSA) is 62.5 Å². The van der Waals surface area contributed by atoms with Crippen molar-refractivity contribution in [3.8, 4) is 0 Å². The summed E-state index contributed by atoms with van der Waals surface area (Å²) in [5, 5.41) is 12.1. The van der Waals surface area contributed by atoms with E-state index in [0.29, 0.717) is 12.3 Å². The van der Waals surface area contributed by atoms with Gasteiger partial charge in [0.1, 0.15) is 12.0 Å². The van der Waals surface area contributed by atoms with Gasteiger partial charge in [-0.3, -0.25) is 0 Å². The second-order valence-corrected chi connectivity index (χ2v) is 5.18. The molecular formula is C14H14BrNO3. The van der Waals surface area contributed by atoms with E-state index in [-0.39, 0.29) is 11.6 Å². The van der Waals surface area contributed by atoms with E-state index in [1.807, 2.05) is 31.2 Å². The zero-order valence-electron chi connectivity index (χ0n) is 10.4. The molecule has 1 aromatic carbocycles. The standard InChI is InChI=1S/C14H14BrNO3/c1-9(10-2-4-12(15)5-3-10)16-7-13-6-11(8-19-13)14(17)18/h2-6,8-9,16H,7H2,1H3,(H,17,18). The molecule has 2 aromatic rings. The highest BCUT2D eigenvalue weighted by molar-refractivity contribution is 9.10. The molecule has 0 aliphatic heterocycles. The summed E-state index contributed by atoms with van der Waals surface area (Å²) >= 11 is 3.40. The first-order chi connectivity index (χ1) is 9.06. The summed E-state index contributed by atoms with van der Waals surface area (Å²) < 4.78 is 6.22. The Hall–Kier alpha value is -1.59. The highest BCUT2D eigenvalue weighted by Gasteiger charge is 2.10. The Morgan fingerprint density at radius 3 is 2.68 bits per heavy atom. The van der Waals surface area contributed by atoms with Gasteiger partial charge in [0.25, 0.3) is 0 Å². The first-order valence-electron chi connectivity index (χ1n) is 5.86. The first-order valence-corrected chi connectivity index (χ1v) is 6.65. The maximum Gasteiger partial charge on any atom is 0.338 e. The van der Waals surface area contributed by atoms with Gasteiger partial charge in [-0.25, -0.2) is 4.79 Å². The molecule has 2 N–H and O–H groups in total. The summed E-state index contributed by atoms with van der Waals surface area (Å²) in [4.78, 5) is 10.7. The van der Waals surface area contributed by atoms with Crippen LogP contribution in [0.2, 0.25) is 0 Å². The van der Waals surface area contributed by atoms with Gasteiger partial charge < -0.3 is 14.8 Å². The Labute approximate surface area is 119 Å². The molecule has 100 valence electrons. The molecule has 1 atom stereocenters. The zero-order valence-corrected chi connectivity index (χ0v) is 12.0. The van der Waals surface area contributed by atoms with E-state index in [1.54, 1.807) is 0 Å². The Morgan fingerprint density at radius 2 is 2.11 bits per heavy atom. The molecular weight excluding hydrogens is 310 g/mol.